The van der Waals surface area contributed by atoms with Gasteiger partial charge in [-0.2, -0.15) is 0 Å². The lowest BCUT2D eigenvalue weighted by Gasteiger charge is -2.20. The Bertz CT molecular complexity index is 488. The molecule has 5 nitrogen and oxygen atoms in total. The van der Waals surface area contributed by atoms with E-state index in [0.29, 0.717) is 23.1 Å². The van der Waals surface area contributed by atoms with Crippen molar-refractivity contribution in [2.45, 2.75) is 37.4 Å². The van der Waals surface area contributed by atoms with Crippen LogP contribution in [0.1, 0.15) is 25.3 Å². The van der Waals surface area contributed by atoms with Crippen LogP contribution in [-0.2, 0) is 10.0 Å². The molecule has 0 spiro atoms. The smallest absolute Gasteiger partial charge is 0.253 e. The van der Waals surface area contributed by atoms with Gasteiger partial charge in [0, 0.05) is 19.6 Å². The molecule has 0 amide bonds. The number of hydrogen-bond donors (Lipinski definition) is 1. The van der Waals surface area contributed by atoms with E-state index in [2.05, 4.69) is 4.98 Å². The average molecular weight is 328 g/mol. The maximum atomic E-state index is 12.2. The second-order valence-corrected chi connectivity index (χ2v) is 8.23. The number of rotatable bonds is 6. The molecule has 8 heteroatoms. The molecule has 0 aliphatic heterocycles. The Kier molecular flexibility index (Phi) is 7.46. The molecule has 1 unspecified atom stereocenters. The molecule has 0 fully saturated rings. The SMILES string of the molecule is Cc1ncc(S(=O)(=O)N(C)CCC(N)C(C)C)s1.Cl. The van der Waals surface area contributed by atoms with Gasteiger partial charge in [-0.1, -0.05) is 13.8 Å². The molecule has 0 radical (unpaired) electrons. The van der Waals surface area contributed by atoms with Crippen LogP contribution in [0.2, 0.25) is 0 Å². The highest BCUT2D eigenvalue weighted by Gasteiger charge is 2.23. The van der Waals surface area contributed by atoms with Crippen LogP contribution in [0.5, 0.6) is 0 Å². The van der Waals surface area contributed by atoms with Gasteiger partial charge in [-0.15, -0.1) is 23.7 Å². The number of aryl methyl sites for hydroxylation is 1. The maximum Gasteiger partial charge on any atom is 0.253 e. The zero-order valence-corrected chi connectivity index (χ0v) is 14.1. The van der Waals surface area contributed by atoms with Crippen molar-refractivity contribution >= 4 is 33.8 Å². The largest absolute Gasteiger partial charge is 0.327 e. The zero-order valence-electron chi connectivity index (χ0n) is 11.7. The first kappa shape index (κ1) is 18.8. The second-order valence-electron chi connectivity index (χ2n) is 4.72. The Morgan fingerprint density at radius 2 is 2.05 bits per heavy atom. The molecule has 0 aliphatic carbocycles. The number of nitrogens with two attached hydrogens (primary N) is 1. The van der Waals surface area contributed by atoms with Crippen molar-refractivity contribution in [2.24, 2.45) is 11.7 Å². The lowest BCUT2D eigenvalue weighted by Crippen LogP contribution is -2.34. The van der Waals surface area contributed by atoms with Crippen LogP contribution in [-0.4, -0.2) is 37.3 Å². The summed E-state index contributed by atoms with van der Waals surface area (Å²) >= 11 is 1.19. The standard InChI is InChI=1S/C11H21N3O2S2.ClH/c1-8(2)10(12)5-6-14(4)18(15,16)11-7-13-9(3)17-11;/h7-8,10H,5-6,12H2,1-4H3;1H. The Hall–Kier alpha value is -0.210. The Morgan fingerprint density at radius 3 is 2.47 bits per heavy atom. The molecule has 1 aromatic heterocycles. The Labute approximate surface area is 125 Å². The van der Waals surface area contributed by atoms with Crippen molar-refractivity contribution in [3.8, 4) is 0 Å². The van der Waals surface area contributed by atoms with Crippen molar-refractivity contribution in [3.05, 3.63) is 11.2 Å². The van der Waals surface area contributed by atoms with Crippen molar-refractivity contribution in [1.82, 2.24) is 9.29 Å². The molecule has 0 saturated carbocycles. The normalized spacial score (nSPS) is 13.6. The van der Waals surface area contributed by atoms with Gasteiger partial charge in [-0.3, -0.25) is 0 Å². The van der Waals surface area contributed by atoms with Crippen LogP contribution >= 0.6 is 23.7 Å². The first-order valence-corrected chi connectivity index (χ1v) is 8.15. The topological polar surface area (TPSA) is 76.3 Å². The average Bonchev–Trinajstić information content (AvgIpc) is 2.72. The van der Waals surface area contributed by atoms with Crippen LogP contribution in [0.15, 0.2) is 10.4 Å². The zero-order chi connectivity index (χ0) is 13.9. The summed E-state index contributed by atoms with van der Waals surface area (Å²) in [6, 6.07) is 0.0193. The molecule has 1 rings (SSSR count). The van der Waals surface area contributed by atoms with Crippen molar-refractivity contribution in [2.75, 3.05) is 13.6 Å². The van der Waals surface area contributed by atoms with Crippen molar-refractivity contribution < 1.29 is 8.42 Å². The summed E-state index contributed by atoms with van der Waals surface area (Å²) < 4.78 is 26.0. The van der Waals surface area contributed by atoms with Crippen LogP contribution in [0.4, 0.5) is 0 Å². The molecular weight excluding hydrogens is 306 g/mol. The highest BCUT2D eigenvalue weighted by Crippen LogP contribution is 2.21. The number of thiazole rings is 1. The summed E-state index contributed by atoms with van der Waals surface area (Å²) in [5.74, 6) is 0.353. The molecule has 1 atom stereocenters. The van der Waals surface area contributed by atoms with E-state index in [-0.39, 0.29) is 18.4 Å². The van der Waals surface area contributed by atoms with E-state index in [1.807, 2.05) is 13.8 Å². The Balaban J connectivity index is 0.00000324. The van der Waals surface area contributed by atoms with Gasteiger partial charge in [0.2, 0.25) is 0 Å². The monoisotopic (exact) mass is 327 g/mol. The molecule has 2 N–H and O–H groups in total. The number of nitrogens with zero attached hydrogens (tertiary/aromatic N) is 2. The highest BCUT2D eigenvalue weighted by molar-refractivity contribution is 7.91. The highest BCUT2D eigenvalue weighted by atomic mass is 35.5. The molecule has 0 saturated heterocycles. The Morgan fingerprint density at radius 1 is 1.47 bits per heavy atom. The first-order chi connectivity index (χ1) is 8.25. The fourth-order valence-electron chi connectivity index (χ4n) is 1.40. The van der Waals surface area contributed by atoms with E-state index >= 15 is 0 Å². The maximum absolute atomic E-state index is 12.2. The van der Waals surface area contributed by atoms with Gasteiger partial charge in [-0.05, 0) is 19.3 Å². The van der Waals surface area contributed by atoms with Crippen molar-refractivity contribution in [3.63, 3.8) is 0 Å². The number of sulfonamides is 1. The number of hydrogen-bond acceptors (Lipinski definition) is 5. The summed E-state index contributed by atoms with van der Waals surface area (Å²) in [6.45, 7) is 6.29. The third-order valence-electron chi connectivity index (χ3n) is 2.90. The van der Waals surface area contributed by atoms with Crippen LogP contribution in [0, 0.1) is 12.8 Å². The fraction of sp³-hybridized carbons (Fsp3) is 0.727. The molecule has 1 heterocycles. The van der Waals surface area contributed by atoms with E-state index in [1.165, 1.54) is 21.8 Å². The van der Waals surface area contributed by atoms with E-state index in [9.17, 15) is 8.42 Å². The van der Waals surface area contributed by atoms with Crippen LogP contribution in [0.25, 0.3) is 0 Å². The lowest BCUT2D eigenvalue weighted by molar-refractivity contribution is 0.398. The predicted molar refractivity (Wildman–Crippen MR) is 81.3 cm³/mol. The summed E-state index contributed by atoms with van der Waals surface area (Å²) in [6.07, 6.45) is 2.07. The molecule has 0 aliphatic rings. The summed E-state index contributed by atoms with van der Waals surface area (Å²) in [7, 11) is -1.82. The van der Waals surface area contributed by atoms with Crippen LogP contribution < -0.4 is 5.73 Å². The van der Waals surface area contributed by atoms with E-state index < -0.39 is 10.0 Å². The minimum absolute atomic E-state index is 0. The van der Waals surface area contributed by atoms with Gasteiger partial charge >= 0.3 is 0 Å². The predicted octanol–water partition coefficient (Wildman–Crippen LogP) is 1.87. The van der Waals surface area contributed by atoms with E-state index in [0.717, 1.165) is 5.01 Å². The number of halogens is 1. The number of aromatic nitrogens is 1. The first-order valence-electron chi connectivity index (χ1n) is 5.89. The summed E-state index contributed by atoms with van der Waals surface area (Å²) in [5.41, 5.74) is 5.92. The minimum atomic E-state index is -3.41. The molecule has 0 aromatic carbocycles. The van der Waals surface area contributed by atoms with Gasteiger partial charge in [0.25, 0.3) is 10.0 Å². The van der Waals surface area contributed by atoms with E-state index in [4.69, 9.17) is 5.73 Å². The van der Waals surface area contributed by atoms with Gasteiger partial charge < -0.3 is 5.73 Å². The van der Waals surface area contributed by atoms with Gasteiger partial charge in [0.05, 0.1) is 11.2 Å². The minimum Gasteiger partial charge on any atom is -0.327 e. The molecular formula is C11H22ClN3O2S2. The van der Waals surface area contributed by atoms with Crippen molar-refractivity contribution in [1.29, 1.82) is 0 Å². The summed E-state index contributed by atoms with van der Waals surface area (Å²) in [5, 5.41) is 0.751. The van der Waals surface area contributed by atoms with Gasteiger partial charge in [-0.25, -0.2) is 17.7 Å². The third kappa shape index (κ3) is 5.00. The van der Waals surface area contributed by atoms with Gasteiger partial charge in [0.1, 0.15) is 0 Å². The third-order valence-corrected chi connectivity index (χ3v) is 6.10. The molecule has 0 bridgehead atoms. The lowest BCUT2D eigenvalue weighted by atomic mass is 10.0. The van der Waals surface area contributed by atoms with E-state index in [1.54, 1.807) is 14.0 Å². The van der Waals surface area contributed by atoms with Crippen LogP contribution in [0.3, 0.4) is 0 Å². The quantitative estimate of drug-likeness (QED) is 0.865. The molecule has 112 valence electrons. The summed E-state index contributed by atoms with van der Waals surface area (Å²) in [4.78, 5) is 3.98. The second kappa shape index (κ2) is 7.54. The van der Waals surface area contributed by atoms with Gasteiger partial charge in [0.15, 0.2) is 4.21 Å². The fourth-order valence-corrected chi connectivity index (χ4v) is 3.90. The molecule has 19 heavy (non-hydrogen) atoms. The molecule has 1 aromatic rings.